The van der Waals surface area contributed by atoms with Crippen LogP contribution >= 0.6 is 23.2 Å². The van der Waals surface area contributed by atoms with Gasteiger partial charge in [-0.2, -0.15) is 5.10 Å². The second kappa shape index (κ2) is 7.79. The third-order valence-corrected chi connectivity index (χ3v) is 4.31. The Bertz CT molecular complexity index is 1190. The quantitative estimate of drug-likeness (QED) is 0.295. The summed E-state index contributed by atoms with van der Waals surface area (Å²) in [5.41, 5.74) is 2.16. The van der Waals surface area contributed by atoms with Gasteiger partial charge in [0.05, 0.1) is 21.2 Å². The summed E-state index contributed by atoms with van der Waals surface area (Å²) < 4.78 is 5.22. The summed E-state index contributed by atoms with van der Waals surface area (Å²) in [4.78, 5) is 34.4. The lowest BCUT2D eigenvalue weighted by Gasteiger charge is -2.05. The molecule has 10 heteroatoms. The number of nitro benzene ring substituents is 1. The van der Waals surface area contributed by atoms with Gasteiger partial charge in [0.2, 0.25) is 0 Å². The first-order valence-electron chi connectivity index (χ1n) is 7.78. The second-order valence-corrected chi connectivity index (χ2v) is 6.54. The molecule has 8 nitrogen and oxygen atoms in total. The van der Waals surface area contributed by atoms with Crippen LogP contribution in [0.4, 0.5) is 5.69 Å². The number of hydrazone groups is 1. The third kappa shape index (κ3) is 4.03. The van der Waals surface area contributed by atoms with Gasteiger partial charge in [-0.05, 0) is 37.3 Å². The molecule has 0 aliphatic rings. The van der Waals surface area contributed by atoms with E-state index in [2.05, 4.69) is 10.5 Å². The highest BCUT2D eigenvalue weighted by Gasteiger charge is 2.13. The maximum Gasteiger partial charge on any atom is 0.345 e. The first-order valence-corrected chi connectivity index (χ1v) is 8.54. The van der Waals surface area contributed by atoms with Crippen molar-refractivity contribution >= 4 is 51.5 Å². The summed E-state index contributed by atoms with van der Waals surface area (Å²) >= 11 is 12.0. The summed E-state index contributed by atoms with van der Waals surface area (Å²) in [5, 5.41) is 15.6. The Balaban J connectivity index is 1.87. The van der Waals surface area contributed by atoms with Gasteiger partial charge in [-0.15, -0.1) is 0 Å². The molecule has 142 valence electrons. The minimum atomic E-state index is -0.678. The molecule has 0 radical (unpaired) electrons. The zero-order valence-electron chi connectivity index (χ0n) is 14.2. The van der Waals surface area contributed by atoms with Gasteiger partial charge in [0.25, 0.3) is 11.6 Å². The van der Waals surface area contributed by atoms with Crippen molar-refractivity contribution in [1.29, 1.82) is 0 Å². The van der Waals surface area contributed by atoms with E-state index < -0.39 is 16.5 Å². The molecule has 1 aromatic heterocycles. The molecule has 1 amide bonds. The van der Waals surface area contributed by atoms with Crippen LogP contribution in [0.5, 0.6) is 0 Å². The van der Waals surface area contributed by atoms with Crippen molar-refractivity contribution in [2.24, 2.45) is 5.10 Å². The van der Waals surface area contributed by atoms with E-state index in [1.54, 1.807) is 6.07 Å². The van der Waals surface area contributed by atoms with E-state index in [0.717, 1.165) is 0 Å². The smallest absolute Gasteiger partial charge is 0.345 e. The Morgan fingerprint density at radius 3 is 2.50 bits per heavy atom. The number of carbonyl (C=O) groups is 1. The topological polar surface area (TPSA) is 115 Å². The van der Waals surface area contributed by atoms with Crippen molar-refractivity contribution in [1.82, 2.24) is 5.43 Å². The molecule has 0 atom stereocenters. The fraction of sp³-hybridized carbons (Fsp3) is 0.0556. The van der Waals surface area contributed by atoms with E-state index >= 15 is 0 Å². The Morgan fingerprint density at radius 1 is 1.18 bits per heavy atom. The van der Waals surface area contributed by atoms with Crippen LogP contribution in [0.1, 0.15) is 22.8 Å². The van der Waals surface area contributed by atoms with Crippen molar-refractivity contribution in [3.8, 4) is 0 Å². The van der Waals surface area contributed by atoms with Gasteiger partial charge < -0.3 is 4.42 Å². The molecule has 3 rings (SSSR count). The van der Waals surface area contributed by atoms with Gasteiger partial charge in [0.1, 0.15) is 0 Å². The molecule has 0 aliphatic carbocycles. The highest BCUT2D eigenvalue weighted by atomic mass is 35.5. The number of hydrogen-bond acceptors (Lipinski definition) is 6. The van der Waals surface area contributed by atoms with Crippen LogP contribution in [0.15, 0.2) is 56.8 Å². The van der Waals surface area contributed by atoms with Gasteiger partial charge in [0, 0.05) is 28.1 Å². The number of halogens is 2. The van der Waals surface area contributed by atoms with Crippen LogP contribution in [-0.2, 0) is 0 Å². The minimum absolute atomic E-state index is 0.120. The lowest BCUT2D eigenvalue weighted by Crippen LogP contribution is -2.21. The number of non-ortho nitro benzene ring substituents is 1. The standard InChI is InChI=1S/C18H11Cl2N3O5/c1-9(21-22-17(24)10-2-4-13(5-3-10)23(26)27)14-7-11-6-12(19)8-15(20)16(11)28-18(14)25/h2-8H,1H3,(H,22,24)/b21-9+. The second-order valence-electron chi connectivity index (χ2n) is 5.70. The molecular formula is C18H11Cl2N3O5. The van der Waals surface area contributed by atoms with Crippen LogP contribution in [0.25, 0.3) is 11.0 Å². The monoisotopic (exact) mass is 419 g/mol. The van der Waals surface area contributed by atoms with Gasteiger partial charge >= 0.3 is 5.63 Å². The highest BCUT2D eigenvalue weighted by molar-refractivity contribution is 6.38. The molecule has 28 heavy (non-hydrogen) atoms. The molecule has 1 heterocycles. The van der Waals surface area contributed by atoms with Gasteiger partial charge in [-0.1, -0.05) is 23.2 Å². The molecule has 0 saturated carbocycles. The lowest BCUT2D eigenvalue weighted by molar-refractivity contribution is -0.384. The number of nitro groups is 1. The number of carbonyl (C=O) groups excluding carboxylic acids is 1. The number of benzene rings is 2. The van der Waals surface area contributed by atoms with Crippen LogP contribution < -0.4 is 11.1 Å². The van der Waals surface area contributed by atoms with E-state index in [0.29, 0.717) is 10.4 Å². The normalized spacial score (nSPS) is 11.5. The predicted octanol–water partition coefficient (Wildman–Crippen LogP) is 4.16. The zero-order valence-corrected chi connectivity index (χ0v) is 15.7. The molecule has 0 bridgehead atoms. The molecule has 3 aromatic rings. The van der Waals surface area contributed by atoms with Crippen molar-refractivity contribution in [2.75, 3.05) is 0 Å². The van der Waals surface area contributed by atoms with E-state index in [1.807, 2.05) is 0 Å². The molecule has 2 aromatic carbocycles. The largest absolute Gasteiger partial charge is 0.421 e. The van der Waals surface area contributed by atoms with Gasteiger partial charge in [-0.25, -0.2) is 10.2 Å². The number of amides is 1. The van der Waals surface area contributed by atoms with Crippen LogP contribution in [-0.4, -0.2) is 16.5 Å². The molecule has 1 N–H and O–H groups in total. The SMILES string of the molecule is C/C(=N\NC(=O)c1ccc([N+](=O)[O-])cc1)c1cc2cc(Cl)cc(Cl)c2oc1=O. The molecule has 0 fully saturated rings. The van der Waals surface area contributed by atoms with Crippen molar-refractivity contribution in [3.63, 3.8) is 0 Å². The Morgan fingerprint density at radius 2 is 1.86 bits per heavy atom. The Labute approximate surface area is 167 Å². The number of nitrogens with one attached hydrogen (secondary N) is 1. The molecule has 0 saturated heterocycles. The van der Waals surface area contributed by atoms with Crippen LogP contribution in [0.2, 0.25) is 10.0 Å². The minimum Gasteiger partial charge on any atom is -0.421 e. The van der Waals surface area contributed by atoms with Crippen molar-refractivity contribution < 1.29 is 14.1 Å². The Hall–Kier alpha value is -3.23. The Kier molecular flexibility index (Phi) is 5.43. The van der Waals surface area contributed by atoms with E-state index in [1.165, 1.54) is 43.3 Å². The summed E-state index contributed by atoms with van der Waals surface area (Å²) in [5.74, 6) is -0.592. The van der Waals surface area contributed by atoms with E-state index in [-0.39, 0.29) is 33.1 Å². The van der Waals surface area contributed by atoms with Gasteiger partial charge in [-0.3, -0.25) is 14.9 Å². The third-order valence-electron chi connectivity index (χ3n) is 3.81. The highest BCUT2D eigenvalue weighted by Crippen LogP contribution is 2.27. The van der Waals surface area contributed by atoms with Gasteiger partial charge in [0.15, 0.2) is 5.58 Å². The van der Waals surface area contributed by atoms with E-state index in [9.17, 15) is 19.7 Å². The number of nitrogens with zero attached hydrogens (tertiary/aromatic N) is 2. The van der Waals surface area contributed by atoms with Crippen LogP contribution in [0, 0.1) is 10.1 Å². The molecule has 0 spiro atoms. The number of rotatable bonds is 4. The zero-order chi connectivity index (χ0) is 20.4. The first-order chi connectivity index (χ1) is 13.3. The van der Waals surface area contributed by atoms with Crippen molar-refractivity contribution in [2.45, 2.75) is 6.92 Å². The number of fused-ring (bicyclic) bond motifs is 1. The first kappa shape index (κ1) is 19.5. The average molecular weight is 420 g/mol. The fourth-order valence-electron chi connectivity index (χ4n) is 2.40. The predicted molar refractivity (Wildman–Crippen MR) is 105 cm³/mol. The number of hydrogen-bond donors (Lipinski definition) is 1. The van der Waals surface area contributed by atoms with E-state index in [4.69, 9.17) is 27.6 Å². The summed E-state index contributed by atoms with van der Waals surface area (Å²) in [7, 11) is 0. The summed E-state index contributed by atoms with van der Waals surface area (Å²) in [6.45, 7) is 1.51. The maximum atomic E-state index is 12.2. The van der Waals surface area contributed by atoms with Crippen molar-refractivity contribution in [3.05, 3.63) is 84.2 Å². The summed E-state index contributed by atoms with van der Waals surface area (Å²) in [6.07, 6.45) is 0. The van der Waals surface area contributed by atoms with Crippen LogP contribution in [0.3, 0.4) is 0 Å². The summed E-state index contributed by atoms with van der Waals surface area (Å²) in [6, 6.07) is 9.56. The molecule has 0 unspecified atom stereocenters. The lowest BCUT2D eigenvalue weighted by atomic mass is 10.1. The fourth-order valence-corrected chi connectivity index (χ4v) is 2.95. The molecular weight excluding hydrogens is 409 g/mol. The maximum absolute atomic E-state index is 12.2. The average Bonchev–Trinajstić information content (AvgIpc) is 2.66. The molecule has 0 aliphatic heterocycles.